The second-order valence-electron chi connectivity index (χ2n) is 6.36. The molecule has 0 spiro atoms. The molecule has 4 nitrogen and oxygen atoms in total. The van der Waals surface area contributed by atoms with Gasteiger partial charge in [0.05, 0.1) is 17.9 Å². The predicted molar refractivity (Wildman–Crippen MR) is 85.5 cm³/mol. The van der Waals surface area contributed by atoms with Gasteiger partial charge in [-0.2, -0.15) is 13.2 Å². The zero-order chi connectivity index (χ0) is 18.4. The van der Waals surface area contributed by atoms with Crippen molar-refractivity contribution in [3.8, 4) is 0 Å². The van der Waals surface area contributed by atoms with E-state index < -0.39 is 30.6 Å². The molecule has 1 fully saturated rings. The van der Waals surface area contributed by atoms with Gasteiger partial charge in [-0.15, -0.1) is 0 Å². The number of esters is 1. The van der Waals surface area contributed by atoms with E-state index in [9.17, 15) is 22.8 Å². The van der Waals surface area contributed by atoms with Gasteiger partial charge in [0.1, 0.15) is 0 Å². The second-order valence-corrected chi connectivity index (χ2v) is 6.36. The lowest BCUT2D eigenvalue weighted by Crippen LogP contribution is -2.41. The zero-order valence-electron chi connectivity index (χ0n) is 14.0. The Morgan fingerprint density at radius 2 is 1.76 bits per heavy atom. The lowest BCUT2D eigenvalue weighted by atomic mass is 9.78. The van der Waals surface area contributed by atoms with Crippen molar-refractivity contribution in [2.24, 2.45) is 11.8 Å². The van der Waals surface area contributed by atoms with Gasteiger partial charge >= 0.3 is 12.1 Å². The first-order valence-electron chi connectivity index (χ1n) is 8.36. The molecule has 3 atom stereocenters. The van der Waals surface area contributed by atoms with Gasteiger partial charge in [-0.05, 0) is 25.3 Å². The SMILES string of the molecule is C[C@@H](NC(=O)[C@@H]1CCCC[C@@H]1C(=O)OCC(F)(F)F)c1ccccc1. The molecule has 0 heterocycles. The van der Waals surface area contributed by atoms with Crippen LogP contribution in [0.3, 0.4) is 0 Å². The first kappa shape index (κ1) is 19.3. The van der Waals surface area contributed by atoms with E-state index in [0.717, 1.165) is 12.0 Å². The van der Waals surface area contributed by atoms with Crippen LogP contribution in [-0.2, 0) is 14.3 Å². The number of rotatable bonds is 5. The highest BCUT2D eigenvalue weighted by molar-refractivity contribution is 5.85. The molecule has 1 N–H and O–H groups in total. The average Bonchev–Trinajstić information content (AvgIpc) is 2.59. The van der Waals surface area contributed by atoms with Gasteiger partial charge < -0.3 is 10.1 Å². The molecular formula is C18H22F3NO3. The number of amides is 1. The molecule has 138 valence electrons. The van der Waals surface area contributed by atoms with E-state index in [2.05, 4.69) is 10.1 Å². The highest BCUT2D eigenvalue weighted by atomic mass is 19.4. The van der Waals surface area contributed by atoms with Crippen LogP contribution >= 0.6 is 0 Å². The molecule has 0 aromatic heterocycles. The van der Waals surface area contributed by atoms with E-state index in [1.165, 1.54) is 0 Å². The third-order valence-electron chi connectivity index (χ3n) is 4.44. The highest BCUT2D eigenvalue weighted by Gasteiger charge is 2.39. The standard InChI is InChI=1S/C18H22F3NO3/c1-12(13-7-3-2-4-8-13)22-16(23)14-9-5-6-10-15(14)17(24)25-11-18(19,20)21/h2-4,7-8,12,14-15H,5-6,9-11H2,1H3,(H,22,23)/t12-,14-,15+/m1/s1. The van der Waals surface area contributed by atoms with Gasteiger partial charge in [-0.1, -0.05) is 43.2 Å². The maximum atomic E-state index is 12.6. The Kier molecular flexibility index (Phi) is 6.45. The maximum absolute atomic E-state index is 12.6. The van der Waals surface area contributed by atoms with E-state index in [0.29, 0.717) is 19.3 Å². The number of alkyl halides is 3. The summed E-state index contributed by atoms with van der Waals surface area (Å²) < 4.78 is 41.1. The van der Waals surface area contributed by atoms with Crippen molar-refractivity contribution in [1.82, 2.24) is 5.32 Å². The highest BCUT2D eigenvalue weighted by Crippen LogP contribution is 2.32. The number of carbonyl (C=O) groups is 2. The van der Waals surface area contributed by atoms with Gasteiger partial charge in [0, 0.05) is 0 Å². The van der Waals surface area contributed by atoms with Gasteiger partial charge in [-0.3, -0.25) is 9.59 Å². The summed E-state index contributed by atoms with van der Waals surface area (Å²) in [7, 11) is 0. The molecule has 1 aromatic carbocycles. The minimum atomic E-state index is -4.57. The third kappa shape index (κ3) is 5.76. The Balaban J connectivity index is 1.99. The van der Waals surface area contributed by atoms with Gasteiger partial charge in [0.25, 0.3) is 0 Å². The fourth-order valence-corrected chi connectivity index (χ4v) is 3.13. The van der Waals surface area contributed by atoms with Crippen LogP contribution in [0.15, 0.2) is 30.3 Å². The summed E-state index contributed by atoms with van der Waals surface area (Å²) in [6.07, 6.45) is -2.26. The lowest BCUT2D eigenvalue weighted by molar-refractivity contribution is -0.191. The van der Waals surface area contributed by atoms with Crippen molar-refractivity contribution in [2.75, 3.05) is 6.61 Å². The van der Waals surface area contributed by atoms with Crippen molar-refractivity contribution in [1.29, 1.82) is 0 Å². The van der Waals surface area contributed by atoms with Gasteiger partial charge in [0.15, 0.2) is 6.61 Å². The molecule has 1 aliphatic carbocycles. The molecule has 1 aliphatic rings. The monoisotopic (exact) mass is 357 g/mol. The second kappa shape index (κ2) is 8.36. The van der Waals surface area contributed by atoms with Crippen molar-refractivity contribution in [3.63, 3.8) is 0 Å². The van der Waals surface area contributed by atoms with Crippen LogP contribution in [0.25, 0.3) is 0 Å². The largest absolute Gasteiger partial charge is 0.456 e. The number of halogens is 3. The summed E-state index contributed by atoms with van der Waals surface area (Å²) in [6.45, 7) is 0.212. The summed E-state index contributed by atoms with van der Waals surface area (Å²) in [6, 6.07) is 9.09. The van der Waals surface area contributed by atoms with Gasteiger partial charge in [-0.25, -0.2) is 0 Å². The first-order chi connectivity index (χ1) is 11.8. The number of hydrogen-bond donors (Lipinski definition) is 1. The van der Waals surface area contributed by atoms with Crippen LogP contribution in [0.1, 0.15) is 44.2 Å². The van der Waals surface area contributed by atoms with E-state index >= 15 is 0 Å². The van der Waals surface area contributed by atoms with Crippen LogP contribution in [0.5, 0.6) is 0 Å². The van der Waals surface area contributed by atoms with Crippen LogP contribution < -0.4 is 5.32 Å². The molecule has 1 saturated carbocycles. The molecule has 2 rings (SSSR count). The average molecular weight is 357 g/mol. The van der Waals surface area contributed by atoms with Crippen LogP contribution in [0, 0.1) is 11.8 Å². The maximum Gasteiger partial charge on any atom is 0.422 e. The summed E-state index contributed by atoms with van der Waals surface area (Å²) >= 11 is 0. The van der Waals surface area contributed by atoms with Crippen molar-refractivity contribution >= 4 is 11.9 Å². The summed E-state index contributed by atoms with van der Waals surface area (Å²) in [4.78, 5) is 24.6. The molecule has 0 saturated heterocycles. The lowest BCUT2D eigenvalue weighted by Gasteiger charge is -2.30. The summed E-state index contributed by atoms with van der Waals surface area (Å²) in [5, 5.41) is 2.85. The van der Waals surface area contributed by atoms with Gasteiger partial charge in [0.2, 0.25) is 5.91 Å². The molecule has 0 unspecified atom stereocenters. The minimum Gasteiger partial charge on any atom is -0.456 e. The molecule has 25 heavy (non-hydrogen) atoms. The number of carbonyl (C=O) groups excluding carboxylic acids is 2. The van der Waals surface area contributed by atoms with E-state index in [1.807, 2.05) is 37.3 Å². The minimum absolute atomic E-state index is 0.248. The molecule has 7 heteroatoms. The fraction of sp³-hybridized carbons (Fsp3) is 0.556. The zero-order valence-corrected chi connectivity index (χ0v) is 14.0. The van der Waals surface area contributed by atoms with E-state index in [-0.39, 0.29) is 11.9 Å². The molecule has 1 aromatic rings. The molecular weight excluding hydrogens is 335 g/mol. The van der Waals surface area contributed by atoms with Crippen LogP contribution in [0.4, 0.5) is 13.2 Å². The van der Waals surface area contributed by atoms with Crippen molar-refractivity contribution in [3.05, 3.63) is 35.9 Å². The Bertz CT molecular complexity index is 589. The Morgan fingerprint density at radius 3 is 2.36 bits per heavy atom. The van der Waals surface area contributed by atoms with E-state index in [4.69, 9.17) is 0 Å². The molecule has 1 amide bonds. The number of hydrogen-bond acceptors (Lipinski definition) is 3. The van der Waals surface area contributed by atoms with Crippen molar-refractivity contribution in [2.45, 2.75) is 44.8 Å². The Morgan fingerprint density at radius 1 is 1.16 bits per heavy atom. The van der Waals surface area contributed by atoms with Crippen LogP contribution in [-0.4, -0.2) is 24.7 Å². The molecule has 0 bridgehead atoms. The summed E-state index contributed by atoms with van der Waals surface area (Å²) in [5.41, 5.74) is 0.919. The third-order valence-corrected chi connectivity index (χ3v) is 4.44. The fourth-order valence-electron chi connectivity index (χ4n) is 3.13. The van der Waals surface area contributed by atoms with E-state index in [1.54, 1.807) is 0 Å². The Labute approximate surface area is 144 Å². The Hall–Kier alpha value is -2.05. The first-order valence-corrected chi connectivity index (χ1v) is 8.36. The normalized spacial score (nSPS) is 22.1. The smallest absolute Gasteiger partial charge is 0.422 e. The topological polar surface area (TPSA) is 55.4 Å². The quantitative estimate of drug-likeness (QED) is 0.816. The molecule has 0 aliphatic heterocycles. The summed E-state index contributed by atoms with van der Waals surface area (Å²) in [5.74, 6) is -2.73. The predicted octanol–water partition coefficient (Wildman–Crippen LogP) is 3.78. The van der Waals surface area contributed by atoms with Crippen molar-refractivity contribution < 1.29 is 27.5 Å². The number of benzene rings is 1. The number of ether oxygens (including phenoxy) is 1. The molecule has 0 radical (unpaired) electrons. The number of nitrogens with one attached hydrogen (secondary N) is 1. The van der Waals surface area contributed by atoms with Crippen LogP contribution in [0.2, 0.25) is 0 Å².